The summed E-state index contributed by atoms with van der Waals surface area (Å²) in [5.41, 5.74) is 1.73. The van der Waals surface area contributed by atoms with E-state index in [2.05, 4.69) is 21.6 Å². The number of aromatic nitrogens is 3. The van der Waals surface area contributed by atoms with Crippen LogP contribution in [0, 0.1) is 0 Å². The number of hydrogen-bond donors (Lipinski definition) is 1. The van der Waals surface area contributed by atoms with Crippen molar-refractivity contribution in [2.45, 2.75) is 5.16 Å². The molecule has 9 heteroatoms. The van der Waals surface area contributed by atoms with E-state index >= 15 is 0 Å². The number of amides is 1. The smallest absolute Gasteiger partial charge is 0.234 e. The van der Waals surface area contributed by atoms with Gasteiger partial charge in [-0.1, -0.05) is 35.2 Å². The van der Waals surface area contributed by atoms with Crippen LogP contribution < -0.4 is 14.8 Å². The Hall–Kier alpha value is -2.78. The summed E-state index contributed by atoms with van der Waals surface area (Å²) in [4.78, 5) is 13.1. The number of ether oxygens (including phenoxy) is 2. The van der Waals surface area contributed by atoms with Crippen LogP contribution in [0.25, 0.3) is 15.2 Å². The summed E-state index contributed by atoms with van der Waals surface area (Å²) >= 11 is 2.94. The second-order valence-electron chi connectivity index (χ2n) is 5.58. The van der Waals surface area contributed by atoms with Crippen LogP contribution in [0.3, 0.4) is 0 Å². The van der Waals surface area contributed by atoms with E-state index in [0.717, 1.165) is 15.2 Å². The van der Waals surface area contributed by atoms with Crippen LogP contribution in [0.1, 0.15) is 0 Å². The quantitative estimate of drug-likeness (QED) is 0.544. The highest BCUT2D eigenvalue weighted by molar-refractivity contribution is 7.99. The number of carbonyl (C=O) groups is 1. The molecule has 1 aliphatic heterocycles. The van der Waals surface area contributed by atoms with Crippen molar-refractivity contribution in [3.63, 3.8) is 0 Å². The summed E-state index contributed by atoms with van der Waals surface area (Å²) in [6, 6.07) is 13.4. The standard InChI is InChI=1S/C17H12N4O3S2/c22-15(18-10-5-6-12-13(7-10)24-9-23-12)8-25-16-19-20-17-21(16)11-3-1-2-4-14(11)26-17/h1-7H,8-9H2,(H,18,22). The number of nitrogens with zero attached hydrogens (tertiary/aromatic N) is 3. The summed E-state index contributed by atoms with van der Waals surface area (Å²) in [6.45, 7) is 0.208. The molecule has 3 heterocycles. The fourth-order valence-corrected chi connectivity index (χ4v) is 4.52. The largest absolute Gasteiger partial charge is 0.454 e. The highest BCUT2D eigenvalue weighted by atomic mass is 32.2. The number of fused-ring (bicyclic) bond motifs is 4. The van der Waals surface area contributed by atoms with Crippen molar-refractivity contribution in [2.75, 3.05) is 17.9 Å². The molecule has 4 aromatic rings. The molecule has 0 aliphatic carbocycles. The van der Waals surface area contributed by atoms with Gasteiger partial charge in [-0.3, -0.25) is 9.20 Å². The first-order chi connectivity index (χ1) is 12.8. The number of carbonyl (C=O) groups excluding carboxylic acids is 1. The maximum absolute atomic E-state index is 12.3. The molecular weight excluding hydrogens is 372 g/mol. The van der Waals surface area contributed by atoms with Gasteiger partial charge in [-0.2, -0.15) is 0 Å². The van der Waals surface area contributed by atoms with Crippen molar-refractivity contribution in [1.29, 1.82) is 0 Å². The van der Waals surface area contributed by atoms with Gasteiger partial charge in [0, 0.05) is 11.8 Å². The Balaban J connectivity index is 1.31. The van der Waals surface area contributed by atoms with Crippen molar-refractivity contribution in [3.05, 3.63) is 42.5 Å². The van der Waals surface area contributed by atoms with Gasteiger partial charge in [0.2, 0.25) is 17.7 Å². The Morgan fingerprint density at radius 3 is 3.04 bits per heavy atom. The first-order valence-corrected chi connectivity index (χ1v) is 9.63. The number of thiazole rings is 1. The fraction of sp³-hybridized carbons (Fsp3) is 0.118. The molecule has 0 unspecified atom stereocenters. The summed E-state index contributed by atoms with van der Waals surface area (Å²) in [7, 11) is 0. The molecule has 0 fully saturated rings. The lowest BCUT2D eigenvalue weighted by atomic mass is 10.3. The average Bonchev–Trinajstić information content (AvgIpc) is 3.34. The summed E-state index contributed by atoms with van der Waals surface area (Å²) in [5.74, 6) is 1.44. The minimum Gasteiger partial charge on any atom is -0.454 e. The van der Waals surface area contributed by atoms with E-state index in [1.807, 2.05) is 22.6 Å². The van der Waals surface area contributed by atoms with Crippen molar-refractivity contribution < 1.29 is 14.3 Å². The second kappa shape index (κ2) is 6.19. The first-order valence-electron chi connectivity index (χ1n) is 7.83. The minimum absolute atomic E-state index is 0.120. The normalized spacial score (nSPS) is 12.8. The summed E-state index contributed by atoms with van der Waals surface area (Å²) < 4.78 is 13.7. The Kier molecular flexibility index (Phi) is 3.68. The molecule has 7 nitrogen and oxygen atoms in total. The van der Waals surface area contributed by atoms with E-state index in [4.69, 9.17) is 9.47 Å². The molecular formula is C17H12N4O3S2. The monoisotopic (exact) mass is 384 g/mol. The van der Waals surface area contributed by atoms with E-state index in [9.17, 15) is 4.79 Å². The van der Waals surface area contributed by atoms with Crippen LogP contribution in [-0.2, 0) is 4.79 Å². The lowest BCUT2D eigenvalue weighted by Crippen LogP contribution is -2.14. The fourth-order valence-electron chi connectivity index (χ4n) is 2.75. The van der Waals surface area contributed by atoms with Gasteiger partial charge in [0.1, 0.15) is 0 Å². The van der Waals surface area contributed by atoms with Gasteiger partial charge in [0.25, 0.3) is 0 Å². The highest BCUT2D eigenvalue weighted by Crippen LogP contribution is 2.34. The van der Waals surface area contributed by atoms with Gasteiger partial charge < -0.3 is 14.8 Å². The lowest BCUT2D eigenvalue weighted by Gasteiger charge is -2.05. The maximum Gasteiger partial charge on any atom is 0.234 e. The van der Waals surface area contributed by atoms with Crippen LogP contribution in [0.4, 0.5) is 5.69 Å². The van der Waals surface area contributed by atoms with Gasteiger partial charge >= 0.3 is 0 Å². The SMILES string of the molecule is O=C(CSc1nnc2sc3ccccc3n12)Nc1ccc2c(c1)OCO2. The van der Waals surface area contributed by atoms with E-state index in [1.54, 1.807) is 29.5 Å². The van der Waals surface area contributed by atoms with E-state index < -0.39 is 0 Å². The molecule has 0 saturated heterocycles. The van der Waals surface area contributed by atoms with E-state index in [0.29, 0.717) is 22.3 Å². The van der Waals surface area contributed by atoms with Gasteiger partial charge in [-0.15, -0.1) is 10.2 Å². The molecule has 130 valence electrons. The molecule has 0 saturated carbocycles. The number of benzene rings is 2. The number of para-hydroxylation sites is 1. The molecule has 0 bridgehead atoms. The predicted octanol–water partition coefficient (Wildman–Crippen LogP) is 3.40. The van der Waals surface area contributed by atoms with Crippen LogP contribution in [-0.4, -0.2) is 33.1 Å². The van der Waals surface area contributed by atoms with Gasteiger partial charge in [-0.05, 0) is 24.3 Å². The minimum atomic E-state index is -0.120. The number of anilines is 1. The van der Waals surface area contributed by atoms with Crippen LogP contribution in [0.15, 0.2) is 47.6 Å². The number of hydrogen-bond acceptors (Lipinski definition) is 7. The summed E-state index contributed by atoms with van der Waals surface area (Å²) in [5, 5.41) is 12.0. The molecule has 5 rings (SSSR count). The topological polar surface area (TPSA) is 77.8 Å². The highest BCUT2D eigenvalue weighted by Gasteiger charge is 2.16. The molecule has 0 atom stereocenters. The third-order valence-corrected chi connectivity index (χ3v) is 5.84. The van der Waals surface area contributed by atoms with Crippen molar-refractivity contribution >= 4 is 49.9 Å². The first kappa shape index (κ1) is 15.5. The van der Waals surface area contributed by atoms with Gasteiger partial charge in [0.15, 0.2) is 16.7 Å². The van der Waals surface area contributed by atoms with Crippen LogP contribution in [0.5, 0.6) is 11.5 Å². The van der Waals surface area contributed by atoms with E-state index in [1.165, 1.54) is 11.8 Å². The second-order valence-corrected chi connectivity index (χ2v) is 7.53. The molecule has 2 aromatic carbocycles. The molecule has 1 amide bonds. The average molecular weight is 384 g/mol. The van der Waals surface area contributed by atoms with Gasteiger partial charge in [0.05, 0.1) is 16.0 Å². The number of thioether (sulfide) groups is 1. The number of rotatable bonds is 4. The van der Waals surface area contributed by atoms with Crippen LogP contribution in [0.2, 0.25) is 0 Å². The Labute approximate surface area is 155 Å². The Bertz CT molecular complexity index is 1140. The number of nitrogens with one attached hydrogen (secondary N) is 1. The zero-order chi connectivity index (χ0) is 17.5. The third-order valence-electron chi connectivity index (χ3n) is 3.90. The third kappa shape index (κ3) is 2.65. The zero-order valence-corrected chi connectivity index (χ0v) is 15.0. The zero-order valence-electron chi connectivity index (χ0n) is 13.3. The van der Waals surface area contributed by atoms with Crippen LogP contribution >= 0.6 is 23.1 Å². The molecule has 0 spiro atoms. The van der Waals surface area contributed by atoms with E-state index in [-0.39, 0.29) is 18.5 Å². The molecule has 1 N–H and O–H groups in total. The predicted molar refractivity (Wildman–Crippen MR) is 100 cm³/mol. The lowest BCUT2D eigenvalue weighted by molar-refractivity contribution is -0.113. The Morgan fingerprint density at radius 2 is 2.08 bits per heavy atom. The van der Waals surface area contributed by atoms with Gasteiger partial charge in [-0.25, -0.2) is 0 Å². The Morgan fingerprint density at radius 1 is 1.19 bits per heavy atom. The molecule has 0 radical (unpaired) electrons. The molecule has 1 aliphatic rings. The molecule has 2 aromatic heterocycles. The summed E-state index contributed by atoms with van der Waals surface area (Å²) in [6.07, 6.45) is 0. The van der Waals surface area contributed by atoms with Crippen molar-refractivity contribution in [3.8, 4) is 11.5 Å². The van der Waals surface area contributed by atoms with Crippen molar-refractivity contribution in [2.24, 2.45) is 0 Å². The van der Waals surface area contributed by atoms with Crippen molar-refractivity contribution in [1.82, 2.24) is 14.6 Å². The maximum atomic E-state index is 12.3. The molecule has 26 heavy (non-hydrogen) atoms.